The van der Waals surface area contributed by atoms with Crippen LogP contribution in [0.5, 0.6) is 0 Å². The molecule has 0 radical (unpaired) electrons. The van der Waals surface area contributed by atoms with Crippen LogP contribution in [0.2, 0.25) is 0 Å². The van der Waals surface area contributed by atoms with Gasteiger partial charge in [0.25, 0.3) is 0 Å². The minimum absolute atomic E-state index is 0.0158. The standard InChI is InChI=1S/C24H30F2N4O5S/c25-18-14-21(16(15-9-10-15)13-17(18)24(32)35-36(27,33)34)30(23-8-3-7-22(26)29-23)20-6-2-1-5-19(20)28-11-4-12-31/h3,7-8,13-15,19-20,28,31H,1-2,4-6,9-12H2,(H2,27,33,34)/t19-,20-/m0/s1. The van der Waals surface area contributed by atoms with Crippen molar-refractivity contribution in [2.75, 3.05) is 18.1 Å². The van der Waals surface area contributed by atoms with E-state index in [0.717, 1.165) is 38.5 Å². The van der Waals surface area contributed by atoms with Gasteiger partial charge in [-0.1, -0.05) is 18.9 Å². The molecule has 196 valence electrons. The summed E-state index contributed by atoms with van der Waals surface area (Å²) in [6, 6.07) is 6.66. The molecule has 0 amide bonds. The third-order valence-electron chi connectivity index (χ3n) is 6.55. The molecule has 2 saturated carbocycles. The minimum Gasteiger partial charge on any atom is -0.396 e. The van der Waals surface area contributed by atoms with Crippen molar-refractivity contribution in [3.8, 4) is 0 Å². The van der Waals surface area contributed by atoms with Crippen LogP contribution in [0.3, 0.4) is 0 Å². The van der Waals surface area contributed by atoms with Crippen LogP contribution in [0.4, 0.5) is 20.3 Å². The lowest BCUT2D eigenvalue weighted by Gasteiger charge is -2.42. The van der Waals surface area contributed by atoms with Crippen LogP contribution in [0.15, 0.2) is 30.3 Å². The Balaban J connectivity index is 1.81. The zero-order valence-electron chi connectivity index (χ0n) is 19.7. The topological polar surface area (TPSA) is 135 Å². The van der Waals surface area contributed by atoms with Crippen molar-refractivity contribution in [2.24, 2.45) is 5.14 Å². The second kappa shape index (κ2) is 11.2. The maximum atomic E-state index is 15.3. The smallest absolute Gasteiger partial charge is 0.382 e. The van der Waals surface area contributed by atoms with Crippen LogP contribution < -0.4 is 15.4 Å². The lowest BCUT2D eigenvalue weighted by molar-refractivity contribution is 0.0742. The number of hydrogen-bond donors (Lipinski definition) is 3. The largest absolute Gasteiger partial charge is 0.396 e. The molecule has 0 spiro atoms. The number of carbonyl (C=O) groups excluding carboxylic acids is 1. The zero-order chi connectivity index (χ0) is 25.9. The van der Waals surface area contributed by atoms with E-state index in [4.69, 9.17) is 5.14 Å². The van der Waals surface area contributed by atoms with E-state index in [1.165, 1.54) is 24.3 Å². The number of anilines is 2. The van der Waals surface area contributed by atoms with Gasteiger partial charge in [0, 0.05) is 18.3 Å². The number of rotatable bonds is 10. The first-order valence-electron chi connectivity index (χ1n) is 12.0. The SMILES string of the molecule is NS(=O)(=O)OC(=O)c1cc(C2CC2)c(N(c2cccc(F)n2)[C@H]2CCCC[C@@H]2NCCCO)cc1F. The van der Waals surface area contributed by atoms with Gasteiger partial charge in [-0.3, -0.25) is 0 Å². The molecule has 2 fully saturated rings. The van der Waals surface area contributed by atoms with Gasteiger partial charge < -0.3 is 19.5 Å². The van der Waals surface area contributed by atoms with Gasteiger partial charge in [0.05, 0.1) is 11.6 Å². The van der Waals surface area contributed by atoms with Gasteiger partial charge in [-0.25, -0.2) is 14.2 Å². The van der Waals surface area contributed by atoms with Gasteiger partial charge in [-0.15, -0.1) is 0 Å². The van der Waals surface area contributed by atoms with Crippen LogP contribution >= 0.6 is 0 Å². The Morgan fingerprint density at radius 1 is 1.19 bits per heavy atom. The Morgan fingerprint density at radius 2 is 1.94 bits per heavy atom. The summed E-state index contributed by atoms with van der Waals surface area (Å²) >= 11 is 0. The predicted octanol–water partition coefficient (Wildman–Crippen LogP) is 3.02. The summed E-state index contributed by atoms with van der Waals surface area (Å²) in [6.45, 7) is 0.636. The van der Waals surface area contributed by atoms with Gasteiger partial charge in [0.15, 0.2) is 0 Å². The summed E-state index contributed by atoms with van der Waals surface area (Å²) in [5, 5.41) is 17.5. The average molecular weight is 525 g/mol. The lowest BCUT2D eigenvalue weighted by Crippen LogP contribution is -2.51. The fourth-order valence-electron chi connectivity index (χ4n) is 4.84. The van der Waals surface area contributed by atoms with Crippen LogP contribution in [0.1, 0.15) is 66.8 Å². The normalized spacial score (nSPS) is 20.2. The first-order chi connectivity index (χ1) is 17.2. The van der Waals surface area contributed by atoms with Crippen LogP contribution in [0, 0.1) is 11.8 Å². The fourth-order valence-corrected chi connectivity index (χ4v) is 5.15. The molecule has 1 heterocycles. The Bertz CT molecular complexity index is 1210. The highest BCUT2D eigenvalue weighted by Gasteiger charge is 2.37. The van der Waals surface area contributed by atoms with E-state index in [1.54, 1.807) is 6.07 Å². The first-order valence-corrected chi connectivity index (χ1v) is 13.5. The van der Waals surface area contributed by atoms with Gasteiger partial charge in [0.2, 0.25) is 5.95 Å². The molecule has 2 aliphatic rings. The van der Waals surface area contributed by atoms with Crippen molar-refractivity contribution in [1.29, 1.82) is 0 Å². The number of nitrogens with one attached hydrogen (secondary N) is 1. The monoisotopic (exact) mass is 524 g/mol. The van der Waals surface area contributed by atoms with E-state index < -0.39 is 33.6 Å². The molecule has 36 heavy (non-hydrogen) atoms. The summed E-state index contributed by atoms with van der Waals surface area (Å²) < 4.78 is 56.2. The molecule has 4 rings (SSSR count). The Kier molecular flexibility index (Phi) is 8.18. The van der Waals surface area contributed by atoms with Crippen LogP contribution in [-0.2, 0) is 14.5 Å². The second-order valence-electron chi connectivity index (χ2n) is 9.21. The number of benzene rings is 1. The molecule has 0 aliphatic heterocycles. The molecule has 1 aromatic carbocycles. The Morgan fingerprint density at radius 3 is 2.61 bits per heavy atom. The number of hydrogen-bond acceptors (Lipinski definition) is 8. The van der Waals surface area contributed by atoms with Crippen molar-refractivity contribution in [2.45, 2.75) is 62.9 Å². The number of aliphatic hydroxyl groups excluding tert-OH is 1. The highest BCUT2D eigenvalue weighted by molar-refractivity contribution is 7.84. The predicted molar refractivity (Wildman–Crippen MR) is 129 cm³/mol. The minimum atomic E-state index is -4.62. The lowest BCUT2D eigenvalue weighted by atomic mass is 9.87. The van der Waals surface area contributed by atoms with Gasteiger partial charge in [0.1, 0.15) is 11.6 Å². The van der Waals surface area contributed by atoms with Gasteiger partial charge >= 0.3 is 16.3 Å². The molecular formula is C24H30F2N4O5S. The third-order valence-corrected chi connectivity index (χ3v) is 6.94. The average Bonchev–Trinajstić information content (AvgIpc) is 3.65. The van der Waals surface area contributed by atoms with Crippen molar-refractivity contribution >= 4 is 27.8 Å². The first kappa shape index (κ1) is 26.4. The molecule has 0 bridgehead atoms. The summed E-state index contributed by atoms with van der Waals surface area (Å²) in [4.78, 5) is 18.3. The summed E-state index contributed by atoms with van der Waals surface area (Å²) in [6.07, 6.45) is 5.64. The van der Waals surface area contributed by atoms with E-state index in [-0.39, 0.29) is 24.6 Å². The Hall–Kier alpha value is -2.67. The summed E-state index contributed by atoms with van der Waals surface area (Å²) in [5.41, 5.74) is 0.535. The fraction of sp³-hybridized carbons (Fsp3) is 0.500. The molecule has 0 saturated heterocycles. The molecule has 4 N–H and O–H groups in total. The third kappa shape index (κ3) is 6.36. The number of aromatic nitrogens is 1. The van der Waals surface area contributed by atoms with E-state index in [0.29, 0.717) is 30.0 Å². The highest BCUT2D eigenvalue weighted by Crippen LogP contribution is 2.48. The van der Waals surface area contributed by atoms with E-state index in [2.05, 4.69) is 14.5 Å². The number of carbonyl (C=O) groups is 1. The number of halogens is 2. The number of nitrogens with two attached hydrogens (primary N) is 1. The highest BCUT2D eigenvalue weighted by atomic mass is 32.2. The number of nitrogens with zero attached hydrogens (tertiary/aromatic N) is 2. The summed E-state index contributed by atoms with van der Waals surface area (Å²) in [7, 11) is -4.62. The van der Waals surface area contributed by atoms with Gasteiger partial charge in [-0.2, -0.15) is 17.9 Å². The quantitative estimate of drug-likeness (QED) is 0.319. The Labute approximate surface area is 208 Å². The second-order valence-corrected chi connectivity index (χ2v) is 10.4. The van der Waals surface area contributed by atoms with Crippen LogP contribution in [-0.4, -0.2) is 49.7 Å². The van der Waals surface area contributed by atoms with Gasteiger partial charge in [-0.05, 0) is 74.4 Å². The molecule has 1 aromatic heterocycles. The van der Waals surface area contributed by atoms with Crippen molar-refractivity contribution < 1.29 is 31.3 Å². The number of aliphatic hydroxyl groups is 1. The molecule has 0 unspecified atom stereocenters. The molecule has 12 heteroatoms. The summed E-state index contributed by atoms with van der Waals surface area (Å²) in [5.74, 6) is -2.75. The maximum absolute atomic E-state index is 15.3. The van der Waals surface area contributed by atoms with Crippen LogP contribution in [0.25, 0.3) is 0 Å². The maximum Gasteiger partial charge on any atom is 0.382 e. The van der Waals surface area contributed by atoms with Crippen molar-refractivity contribution in [3.05, 3.63) is 53.2 Å². The molecule has 9 nitrogen and oxygen atoms in total. The number of pyridine rings is 1. The van der Waals surface area contributed by atoms with E-state index >= 15 is 4.39 Å². The van der Waals surface area contributed by atoms with Crippen molar-refractivity contribution in [1.82, 2.24) is 10.3 Å². The molecule has 2 aromatic rings. The van der Waals surface area contributed by atoms with E-state index in [1.807, 2.05) is 4.90 Å². The molecular weight excluding hydrogens is 494 g/mol. The van der Waals surface area contributed by atoms with E-state index in [9.17, 15) is 22.7 Å². The molecule has 2 atom stereocenters. The van der Waals surface area contributed by atoms with Crippen molar-refractivity contribution in [3.63, 3.8) is 0 Å². The molecule has 2 aliphatic carbocycles. The zero-order valence-corrected chi connectivity index (χ0v) is 20.5.